The Labute approximate surface area is 98.0 Å². The van der Waals surface area contributed by atoms with Crippen molar-refractivity contribution in [2.45, 2.75) is 12.8 Å². The van der Waals surface area contributed by atoms with Crippen molar-refractivity contribution < 1.29 is 14.0 Å². The van der Waals surface area contributed by atoms with Crippen LogP contribution >= 0.6 is 0 Å². The number of nitrogen functional groups attached to an aromatic ring is 1. The number of halogens is 1. The third-order valence-corrected chi connectivity index (χ3v) is 2.14. The van der Waals surface area contributed by atoms with E-state index in [1.807, 2.05) is 0 Å². The summed E-state index contributed by atoms with van der Waals surface area (Å²) in [5, 5.41) is 2.57. The summed E-state index contributed by atoms with van der Waals surface area (Å²) >= 11 is 0. The minimum atomic E-state index is -0.493. The highest BCUT2D eigenvalue weighted by molar-refractivity contribution is 5.99. The number of rotatable bonds is 5. The first kappa shape index (κ1) is 13.0. The number of carbonyl (C=O) groups is 2. The Balaban J connectivity index is 2.50. The molecule has 17 heavy (non-hydrogen) atoms. The van der Waals surface area contributed by atoms with Crippen LogP contribution in [0.2, 0.25) is 0 Å². The van der Waals surface area contributed by atoms with Crippen molar-refractivity contribution in [3.05, 3.63) is 29.6 Å². The number of nitrogens with one attached hydrogen (secondary N) is 1. The Hall–Kier alpha value is -2.11. The number of hydrogen-bond acceptors (Lipinski definition) is 3. The number of primary amides is 1. The largest absolute Gasteiger partial charge is 0.398 e. The molecule has 0 saturated carbocycles. The molecule has 0 heterocycles. The van der Waals surface area contributed by atoms with Crippen LogP contribution in [0.25, 0.3) is 0 Å². The average Bonchev–Trinajstić information content (AvgIpc) is 2.23. The molecule has 0 aliphatic carbocycles. The van der Waals surface area contributed by atoms with E-state index in [4.69, 9.17) is 11.5 Å². The van der Waals surface area contributed by atoms with Gasteiger partial charge in [0.1, 0.15) is 5.82 Å². The van der Waals surface area contributed by atoms with E-state index < -0.39 is 17.6 Å². The van der Waals surface area contributed by atoms with E-state index in [-0.39, 0.29) is 17.7 Å². The van der Waals surface area contributed by atoms with E-state index in [9.17, 15) is 14.0 Å². The lowest BCUT2D eigenvalue weighted by Crippen LogP contribution is -2.26. The summed E-state index contributed by atoms with van der Waals surface area (Å²) in [7, 11) is 0. The highest BCUT2D eigenvalue weighted by Crippen LogP contribution is 2.12. The summed E-state index contributed by atoms with van der Waals surface area (Å²) in [6.07, 6.45) is 0.668. The predicted octanol–water partition coefficient (Wildman–Crippen LogP) is 0.403. The van der Waals surface area contributed by atoms with Gasteiger partial charge < -0.3 is 16.8 Å². The highest BCUT2D eigenvalue weighted by atomic mass is 19.1. The molecule has 0 aliphatic rings. The monoisotopic (exact) mass is 239 g/mol. The molecule has 1 aromatic rings. The molecular weight excluding hydrogens is 225 g/mol. The second-order valence-corrected chi connectivity index (χ2v) is 3.56. The first-order valence-corrected chi connectivity index (χ1v) is 5.12. The van der Waals surface area contributed by atoms with Crippen LogP contribution in [0.1, 0.15) is 23.2 Å². The fourth-order valence-corrected chi connectivity index (χ4v) is 1.30. The molecule has 0 aromatic heterocycles. The number of benzene rings is 1. The third-order valence-electron chi connectivity index (χ3n) is 2.14. The highest BCUT2D eigenvalue weighted by Gasteiger charge is 2.09. The first-order valence-electron chi connectivity index (χ1n) is 5.12. The summed E-state index contributed by atoms with van der Waals surface area (Å²) < 4.78 is 12.7. The van der Waals surface area contributed by atoms with Gasteiger partial charge in [-0.05, 0) is 24.6 Å². The van der Waals surface area contributed by atoms with Gasteiger partial charge in [0.25, 0.3) is 5.91 Å². The molecular formula is C11H14FN3O2. The molecule has 2 amide bonds. The Morgan fingerprint density at radius 3 is 2.65 bits per heavy atom. The van der Waals surface area contributed by atoms with Crippen LogP contribution in [0, 0.1) is 5.82 Å². The maximum atomic E-state index is 12.7. The minimum absolute atomic E-state index is 0.0809. The third kappa shape index (κ3) is 4.10. The minimum Gasteiger partial charge on any atom is -0.398 e. The summed E-state index contributed by atoms with van der Waals surface area (Å²) in [6, 6.07) is 3.56. The van der Waals surface area contributed by atoms with Crippen LogP contribution < -0.4 is 16.8 Å². The van der Waals surface area contributed by atoms with Gasteiger partial charge in [-0.1, -0.05) is 0 Å². The Kier molecular flexibility index (Phi) is 4.45. The Morgan fingerprint density at radius 1 is 1.35 bits per heavy atom. The van der Waals surface area contributed by atoms with Crippen molar-refractivity contribution in [1.82, 2.24) is 5.32 Å². The zero-order valence-corrected chi connectivity index (χ0v) is 9.20. The van der Waals surface area contributed by atoms with Crippen LogP contribution in [-0.2, 0) is 4.79 Å². The van der Waals surface area contributed by atoms with E-state index >= 15 is 0 Å². The van der Waals surface area contributed by atoms with Crippen molar-refractivity contribution in [1.29, 1.82) is 0 Å². The molecule has 0 unspecified atom stereocenters. The summed E-state index contributed by atoms with van der Waals surface area (Å²) in [5.41, 5.74) is 10.7. The van der Waals surface area contributed by atoms with E-state index in [0.717, 1.165) is 12.1 Å². The van der Waals surface area contributed by atoms with Crippen molar-refractivity contribution in [3.63, 3.8) is 0 Å². The topological polar surface area (TPSA) is 98.2 Å². The second kappa shape index (κ2) is 5.83. The van der Waals surface area contributed by atoms with Crippen molar-refractivity contribution in [3.8, 4) is 0 Å². The van der Waals surface area contributed by atoms with Gasteiger partial charge in [0.15, 0.2) is 0 Å². The molecule has 0 aliphatic heterocycles. The summed E-state index contributed by atoms with van der Waals surface area (Å²) in [6.45, 7) is 0.318. The van der Waals surface area contributed by atoms with E-state index in [0.29, 0.717) is 13.0 Å². The van der Waals surface area contributed by atoms with Crippen LogP contribution in [0.3, 0.4) is 0 Å². The van der Waals surface area contributed by atoms with Crippen molar-refractivity contribution in [2.24, 2.45) is 5.73 Å². The van der Waals surface area contributed by atoms with Crippen molar-refractivity contribution in [2.75, 3.05) is 12.3 Å². The van der Waals surface area contributed by atoms with Gasteiger partial charge in [-0.3, -0.25) is 9.59 Å². The molecule has 0 radical (unpaired) electrons. The molecule has 0 fully saturated rings. The molecule has 5 N–H and O–H groups in total. The van der Waals surface area contributed by atoms with E-state index in [2.05, 4.69) is 5.32 Å². The van der Waals surface area contributed by atoms with Gasteiger partial charge in [0.2, 0.25) is 5.91 Å². The molecule has 5 nitrogen and oxygen atoms in total. The van der Waals surface area contributed by atoms with Crippen LogP contribution in [0.5, 0.6) is 0 Å². The lowest BCUT2D eigenvalue weighted by Gasteiger charge is -2.06. The van der Waals surface area contributed by atoms with Gasteiger partial charge in [-0.15, -0.1) is 0 Å². The fraction of sp³-hybridized carbons (Fsp3) is 0.273. The molecule has 1 rings (SSSR count). The van der Waals surface area contributed by atoms with Crippen molar-refractivity contribution >= 4 is 17.5 Å². The SMILES string of the molecule is NC(=O)CCCNC(=O)c1ccc(F)cc1N. The number of anilines is 1. The van der Waals surface area contributed by atoms with E-state index in [1.54, 1.807) is 0 Å². The fourth-order valence-electron chi connectivity index (χ4n) is 1.30. The molecule has 0 spiro atoms. The van der Waals surface area contributed by atoms with Gasteiger partial charge in [-0.2, -0.15) is 0 Å². The smallest absolute Gasteiger partial charge is 0.253 e. The average molecular weight is 239 g/mol. The molecule has 0 saturated heterocycles. The van der Waals surface area contributed by atoms with E-state index in [1.165, 1.54) is 6.07 Å². The number of amides is 2. The van der Waals surface area contributed by atoms with Gasteiger partial charge >= 0.3 is 0 Å². The Morgan fingerprint density at radius 2 is 2.06 bits per heavy atom. The second-order valence-electron chi connectivity index (χ2n) is 3.56. The Bertz CT molecular complexity index is 435. The normalized spacial score (nSPS) is 9.94. The lowest BCUT2D eigenvalue weighted by atomic mass is 10.1. The van der Waals surface area contributed by atoms with Gasteiger partial charge in [0.05, 0.1) is 5.56 Å². The summed E-state index contributed by atoms with van der Waals surface area (Å²) in [5.74, 6) is -1.31. The number of hydrogen-bond donors (Lipinski definition) is 3. The zero-order chi connectivity index (χ0) is 12.8. The summed E-state index contributed by atoms with van der Waals surface area (Å²) in [4.78, 5) is 22.0. The molecule has 6 heteroatoms. The zero-order valence-electron chi connectivity index (χ0n) is 9.20. The van der Waals surface area contributed by atoms with Crippen LogP contribution in [0.4, 0.5) is 10.1 Å². The standard InChI is InChI=1S/C11H14FN3O2/c12-7-3-4-8(9(13)6-7)11(17)15-5-1-2-10(14)16/h3-4,6H,1-2,5,13H2,(H2,14,16)(H,15,17). The van der Waals surface area contributed by atoms with Gasteiger partial charge in [-0.25, -0.2) is 4.39 Å². The molecule has 92 valence electrons. The maximum absolute atomic E-state index is 12.7. The lowest BCUT2D eigenvalue weighted by molar-refractivity contribution is -0.118. The molecule has 0 atom stereocenters. The molecule has 1 aromatic carbocycles. The first-order chi connectivity index (χ1) is 8.00. The number of carbonyl (C=O) groups excluding carboxylic acids is 2. The van der Waals surface area contributed by atoms with Gasteiger partial charge in [0, 0.05) is 18.7 Å². The number of nitrogens with two attached hydrogens (primary N) is 2. The molecule has 0 bridgehead atoms. The quantitative estimate of drug-likeness (QED) is 0.512. The maximum Gasteiger partial charge on any atom is 0.253 e. The van der Waals surface area contributed by atoms with Crippen LogP contribution in [-0.4, -0.2) is 18.4 Å². The van der Waals surface area contributed by atoms with Crippen LogP contribution in [0.15, 0.2) is 18.2 Å². The predicted molar refractivity (Wildman–Crippen MR) is 61.6 cm³/mol.